The summed E-state index contributed by atoms with van der Waals surface area (Å²) in [5.74, 6) is -0.361. The van der Waals surface area contributed by atoms with E-state index in [1.807, 2.05) is 0 Å². The molecule has 0 bridgehead atoms. The van der Waals surface area contributed by atoms with Crippen molar-refractivity contribution in [1.82, 2.24) is 4.31 Å². The zero-order valence-electron chi connectivity index (χ0n) is 12.5. The first-order valence-electron chi connectivity index (χ1n) is 6.55. The third-order valence-electron chi connectivity index (χ3n) is 2.97. The number of amides is 1. The van der Waals surface area contributed by atoms with Gasteiger partial charge in [-0.05, 0) is 18.2 Å². The lowest BCUT2D eigenvalue weighted by molar-refractivity contribution is -0.114. The Kier molecular flexibility index (Phi) is 6.93. The van der Waals surface area contributed by atoms with Gasteiger partial charge in [-0.3, -0.25) is 4.79 Å². The van der Waals surface area contributed by atoms with E-state index in [4.69, 9.17) is 27.9 Å². The summed E-state index contributed by atoms with van der Waals surface area (Å²) in [4.78, 5) is 10.4. The molecule has 6 nitrogen and oxygen atoms in total. The molecule has 124 valence electrons. The van der Waals surface area contributed by atoms with Crippen LogP contribution in [0.2, 0.25) is 0 Å². The second-order valence-electron chi connectivity index (χ2n) is 4.24. The van der Waals surface area contributed by atoms with E-state index in [0.717, 1.165) is 0 Å². The van der Waals surface area contributed by atoms with Gasteiger partial charge in [0.05, 0.1) is 17.7 Å². The van der Waals surface area contributed by atoms with Crippen LogP contribution in [0.25, 0.3) is 0 Å². The molecular formula is C13H18Cl2N2O4S. The Morgan fingerprint density at radius 1 is 1.32 bits per heavy atom. The van der Waals surface area contributed by atoms with Crippen LogP contribution in [0.15, 0.2) is 23.1 Å². The number of halogens is 2. The maximum Gasteiger partial charge on any atom is 0.257 e. The number of nitrogens with zero attached hydrogens (tertiary/aromatic N) is 1. The molecule has 0 spiro atoms. The van der Waals surface area contributed by atoms with E-state index in [9.17, 15) is 13.2 Å². The van der Waals surface area contributed by atoms with Gasteiger partial charge in [0.2, 0.25) is 10.0 Å². The average Bonchev–Trinajstić information content (AvgIpc) is 2.47. The molecule has 0 unspecified atom stereocenters. The molecule has 0 heterocycles. The van der Waals surface area contributed by atoms with Crippen molar-refractivity contribution < 1.29 is 17.9 Å². The second kappa shape index (κ2) is 8.01. The third-order valence-corrected chi connectivity index (χ3v) is 5.41. The van der Waals surface area contributed by atoms with Crippen LogP contribution in [-0.2, 0) is 14.8 Å². The fourth-order valence-corrected chi connectivity index (χ4v) is 3.44. The highest BCUT2D eigenvalue weighted by Crippen LogP contribution is 2.29. The Labute approximate surface area is 140 Å². The van der Waals surface area contributed by atoms with Gasteiger partial charge < -0.3 is 10.1 Å². The van der Waals surface area contributed by atoms with Gasteiger partial charge in [-0.2, -0.15) is 4.31 Å². The number of nitrogens with one attached hydrogen (secondary N) is 1. The number of hydrogen-bond donors (Lipinski definition) is 1. The largest absolute Gasteiger partial charge is 0.495 e. The molecule has 0 saturated carbocycles. The Morgan fingerprint density at radius 2 is 1.91 bits per heavy atom. The minimum absolute atomic E-state index is 0.0491. The fourth-order valence-electron chi connectivity index (χ4n) is 1.85. The smallest absolute Gasteiger partial charge is 0.257 e. The monoisotopic (exact) mass is 368 g/mol. The molecule has 0 aliphatic heterocycles. The molecular weight excluding hydrogens is 351 g/mol. The molecule has 0 aliphatic rings. The topological polar surface area (TPSA) is 75.7 Å². The molecule has 0 aromatic heterocycles. The van der Waals surface area contributed by atoms with Crippen molar-refractivity contribution in [2.75, 3.05) is 25.5 Å². The van der Waals surface area contributed by atoms with E-state index in [1.54, 1.807) is 13.8 Å². The van der Waals surface area contributed by atoms with Gasteiger partial charge in [0.15, 0.2) is 4.84 Å². The highest BCUT2D eigenvalue weighted by atomic mass is 35.5. The summed E-state index contributed by atoms with van der Waals surface area (Å²) in [6.45, 7) is 4.19. The van der Waals surface area contributed by atoms with Crippen LogP contribution < -0.4 is 10.1 Å². The van der Waals surface area contributed by atoms with Crippen LogP contribution in [0.3, 0.4) is 0 Å². The van der Waals surface area contributed by atoms with Crippen molar-refractivity contribution in [2.45, 2.75) is 23.6 Å². The molecule has 9 heteroatoms. The molecule has 1 rings (SSSR count). The number of benzene rings is 1. The maximum absolute atomic E-state index is 12.5. The van der Waals surface area contributed by atoms with Crippen LogP contribution >= 0.6 is 23.2 Å². The SMILES string of the molecule is CCN(CC)S(=O)(=O)c1ccc(OC)c(NC(=O)C(Cl)Cl)c1. The van der Waals surface area contributed by atoms with E-state index in [2.05, 4.69) is 5.32 Å². The van der Waals surface area contributed by atoms with E-state index < -0.39 is 20.8 Å². The summed E-state index contributed by atoms with van der Waals surface area (Å²) < 4.78 is 31.4. The number of carbonyl (C=O) groups is 1. The minimum atomic E-state index is -3.64. The zero-order chi connectivity index (χ0) is 16.9. The van der Waals surface area contributed by atoms with Crippen molar-refractivity contribution in [3.05, 3.63) is 18.2 Å². The fraction of sp³-hybridized carbons (Fsp3) is 0.462. The van der Waals surface area contributed by atoms with Crippen molar-refractivity contribution in [2.24, 2.45) is 0 Å². The second-order valence-corrected chi connectivity index (χ2v) is 7.28. The van der Waals surface area contributed by atoms with Crippen LogP contribution in [0.1, 0.15) is 13.8 Å². The highest BCUT2D eigenvalue weighted by molar-refractivity contribution is 7.89. The lowest BCUT2D eigenvalue weighted by atomic mass is 10.3. The number of methoxy groups -OCH3 is 1. The molecule has 0 fully saturated rings. The van der Waals surface area contributed by atoms with Crippen LogP contribution in [0.4, 0.5) is 5.69 Å². The molecule has 1 amide bonds. The van der Waals surface area contributed by atoms with Crippen LogP contribution in [0.5, 0.6) is 5.75 Å². The van der Waals surface area contributed by atoms with Gasteiger partial charge in [-0.25, -0.2) is 8.42 Å². The number of ether oxygens (including phenoxy) is 1. The van der Waals surface area contributed by atoms with Crippen molar-refractivity contribution in [3.63, 3.8) is 0 Å². The van der Waals surface area contributed by atoms with Gasteiger partial charge in [0.25, 0.3) is 5.91 Å². The number of alkyl halides is 2. The average molecular weight is 369 g/mol. The van der Waals surface area contributed by atoms with Gasteiger partial charge in [0, 0.05) is 13.1 Å². The quantitative estimate of drug-likeness (QED) is 0.750. The molecule has 0 radical (unpaired) electrons. The van der Waals surface area contributed by atoms with Gasteiger partial charge in [-0.15, -0.1) is 0 Å². The Hall–Kier alpha value is -1.02. The maximum atomic E-state index is 12.5. The van der Waals surface area contributed by atoms with E-state index >= 15 is 0 Å². The summed E-state index contributed by atoms with van der Waals surface area (Å²) in [6, 6.07) is 4.20. The molecule has 0 aliphatic carbocycles. The lowest BCUT2D eigenvalue weighted by Crippen LogP contribution is -2.30. The summed E-state index contributed by atoms with van der Waals surface area (Å²) in [5, 5.41) is 2.44. The van der Waals surface area contributed by atoms with E-state index in [-0.39, 0.29) is 10.6 Å². The summed E-state index contributed by atoms with van der Waals surface area (Å²) in [7, 11) is -2.24. The van der Waals surface area contributed by atoms with Crippen molar-refractivity contribution in [1.29, 1.82) is 0 Å². The van der Waals surface area contributed by atoms with Crippen molar-refractivity contribution >= 4 is 44.8 Å². The van der Waals surface area contributed by atoms with Crippen LogP contribution in [-0.4, -0.2) is 43.7 Å². The van der Waals surface area contributed by atoms with Crippen LogP contribution in [0, 0.1) is 0 Å². The van der Waals surface area contributed by atoms with E-state index in [1.165, 1.54) is 29.6 Å². The standard InChI is InChI=1S/C13H18Cl2N2O4S/c1-4-17(5-2)22(19,20)9-6-7-11(21-3)10(8-9)16-13(18)12(14)15/h6-8,12H,4-5H2,1-3H3,(H,16,18). The summed E-state index contributed by atoms with van der Waals surface area (Å²) in [5.41, 5.74) is 0.187. The molecule has 1 aromatic carbocycles. The number of sulfonamides is 1. The van der Waals surface area contributed by atoms with Gasteiger partial charge in [-0.1, -0.05) is 37.0 Å². The summed E-state index contributed by atoms with van der Waals surface area (Å²) in [6.07, 6.45) is 0. The Bertz CT molecular complexity index is 631. The number of anilines is 1. The Morgan fingerprint density at radius 3 is 2.36 bits per heavy atom. The van der Waals surface area contributed by atoms with Gasteiger partial charge >= 0.3 is 0 Å². The van der Waals surface area contributed by atoms with E-state index in [0.29, 0.717) is 18.8 Å². The molecule has 0 saturated heterocycles. The third kappa shape index (κ3) is 4.25. The number of hydrogen-bond acceptors (Lipinski definition) is 4. The molecule has 0 atom stereocenters. The highest BCUT2D eigenvalue weighted by Gasteiger charge is 2.23. The number of rotatable bonds is 7. The lowest BCUT2D eigenvalue weighted by Gasteiger charge is -2.19. The predicted molar refractivity (Wildman–Crippen MR) is 87.2 cm³/mol. The first-order valence-corrected chi connectivity index (χ1v) is 8.86. The zero-order valence-corrected chi connectivity index (χ0v) is 14.8. The molecule has 1 aromatic rings. The minimum Gasteiger partial charge on any atom is -0.495 e. The molecule has 22 heavy (non-hydrogen) atoms. The normalized spacial score (nSPS) is 11.8. The summed E-state index contributed by atoms with van der Waals surface area (Å²) >= 11 is 11.0. The van der Waals surface area contributed by atoms with Crippen molar-refractivity contribution in [3.8, 4) is 5.75 Å². The molecule has 1 N–H and O–H groups in total. The first-order chi connectivity index (χ1) is 10.3. The Balaban J connectivity index is 3.28. The van der Waals surface area contributed by atoms with Gasteiger partial charge in [0.1, 0.15) is 5.75 Å². The number of carbonyl (C=O) groups excluding carboxylic acids is 1. The first kappa shape index (κ1) is 19.0. The predicted octanol–water partition coefficient (Wildman–Crippen LogP) is 2.47.